The van der Waals surface area contributed by atoms with Crippen molar-refractivity contribution < 1.29 is 14.3 Å². The predicted octanol–water partition coefficient (Wildman–Crippen LogP) is 1.59. The lowest BCUT2D eigenvalue weighted by molar-refractivity contribution is -0.0249. The van der Waals surface area contributed by atoms with Crippen LogP contribution < -0.4 is 0 Å². The number of rotatable bonds is 2. The lowest BCUT2D eigenvalue weighted by Crippen LogP contribution is -2.55. The summed E-state index contributed by atoms with van der Waals surface area (Å²) in [5.74, 6) is 0.524. The van der Waals surface area contributed by atoms with Crippen LogP contribution in [0, 0.1) is 24.6 Å². The maximum absolute atomic E-state index is 13.5. The molecule has 27 heavy (non-hydrogen) atoms. The largest absolute Gasteiger partial charge is 0.391 e. The topological polar surface area (TPSA) is 47.0 Å². The molecule has 1 saturated carbocycles. The molecule has 0 bridgehead atoms. The number of carbonyl (C=O) groups excluding carboxylic acids is 1. The number of hydrogen-bond acceptors (Lipinski definition) is 4. The van der Waals surface area contributed by atoms with E-state index >= 15 is 0 Å². The van der Waals surface area contributed by atoms with Gasteiger partial charge in [0.2, 0.25) is 0 Å². The number of likely N-dealkylation sites (N-methyl/N-ethyl adjacent to an activating group) is 1. The first-order valence-corrected chi connectivity index (χ1v) is 10.1. The number of carbonyl (C=O) groups is 1. The van der Waals surface area contributed by atoms with E-state index in [-0.39, 0.29) is 23.9 Å². The molecular formula is C21H30FN3O2. The molecule has 0 aromatic heterocycles. The molecule has 0 radical (unpaired) electrons. The molecule has 1 aromatic rings. The summed E-state index contributed by atoms with van der Waals surface area (Å²) >= 11 is 0. The third-order valence-corrected chi connectivity index (χ3v) is 6.81. The number of nitrogens with zero attached hydrogens (tertiary/aromatic N) is 3. The van der Waals surface area contributed by atoms with Gasteiger partial charge in [0.05, 0.1) is 6.10 Å². The molecule has 3 fully saturated rings. The van der Waals surface area contributed by atoms with Gasteiger partial charge in [0.25, 0.3) is 5.91 Å². The number of amides is 1. The summed E-state index contributed by atoms with van der Waals surface area (Å²) in [5.41, 5.74) is 1.06. The summed E-state index contributed by atoms with van der Waals surface area (Å²) in [6, 6.07) is 4.80. The van der Waals surface area contributed by atoms with E-state index in [4.69, 9.17) is 0 Å². The first-order chi connectivity index (χ1) is 12.9. The van der Waals surface area contributed by atoms with Crippen molar-refractivity contribution in [3.8, 4) is 0 Å². The van der Waals surface area contributed by atoms with Gasteiger partial charge in [-0.3, -0.25) is 9.69 Å². The maximum atomic E-state index is 13.5. The molecule has 1 aromatic carbocycles. The molecule has 2 saturated heterocycles. The number of piperazine rings is 1. The van der Waals surface area contributed by atoms with Crippen LogP contribution in [0.15, 0.2) is 18.2 Å². The molecule has 1 amide bonds. The number of hydrogen-bond donors (Lipinski definition) is 1. The number of fused-ring (bicyclic) bond motifs is 1. The summed E-state index contributed by atoms with van der Waals surface area (Å²) in [7, 11) is 2.14. The van der Waals surface area contributed by atoms with Gasteiger partial charge in [-0.2, -0.15) is 0 Å². The zero-order valence-corrected chi connectivity index (χ0v) is 16.3. The Labute approximate surface area is 160 Å². The smallest absolute Gasteiger partial charge is 0.253 e. The second kappa shape index (κ2) is 7.49. The van der Waals surface area contributed by atoms with E-state index in [1.807, 2.05) is 4.90 Å². The van der Waals surface area contributed by atoms with Crippen LogP contribution >= 0.6 is 0 Å². The second-order valence-corrected chi connectivity index (χ2v) is 8.64. The van der Waals surface area contributed by atoms with Crippen LogP contribution in [0.5, 0.6) is 0 Å². The summed E-state index contributed by atoms with van der Waals surface area (Å²) in [4.78, 5) is 19.6. The van der Waals surface area contributed by atoms with Gasteiger partial charge >= 0.3 is 0 Å². The van der Waals surface area contributed by atoms with Crippen molar-refractivity contribution in [3.05, 3.63) is 35.1 Å². The predicted molar refractivity (Wildman–Crippen MR) is 102 cm³/mol. The fraction of sp³-hybridized carbons (Fsp3) is 0.667. The number of halogens is 1. The summed E-state index contributed by atoms with van der Waals surface area (Å²) in [6.45, 7) is 7.24. The average Bonchev–Trinajstić information content (AvgIpc) is 3.06. The first kappa shape index (κ1) is 18.8. The number of benzene rings is 1. The van der Waals surface area contributed by atoms with Gasteiger partial charge in [-0.1, -0.05) is 0 Å². The first-order valence-electron chi connectivity index (χ1n) is 10.1. The monoisotopic (exact) mass is 375 g/mol. The number of aryl methyl sites for hydroxylation is 1. The van der Waals surface area contributed by atoms with Crippen molar-refractivity contribution in [2.75, 3.05) is 46.3 Å². The van der Waals surface area contributed by atoms with E-state index < -0.39 is 0 Å². The fourth-order valence-electron chi connectivity index (χ4n) is 5.08. The molecule has 0 unspecified atom stereocenters. The molecule has 6 heteroatoms. The highest BCUT2D eigenvalue weighted by molar-refractivity contribution is 5.94. The van der Waals surface area contributed by atoms with E-state index in [1.54, 1.807) is 19.1 Å². The SMILES string of the molecule is Cc1cc(C(=O)N2C[C@H]3C[C@@H](N4CCN(C)CC4)[C@H](O)C[C@H]3C2)ccc1F. The van der Waals surface area contributed by atoms with Crippen molar-refractivity contribution >= 4 is 5.91 Å². The number of aliphatic hydroxyl groups is 1. The summed E-state index contributed by atoms with van der Waals surface area (Å²) < 4.78 is 13.5. The highest BCUT2D eigenvalue weighted by atomic mass is 19.1. The molecule has 148 valence electrons. The van der Waals surface area contributed by atoms with Crippen LogP contribution in [0.2, 0.25) is 0 Å². The number of likely N-dealkylation sites (tertiary alicyclic amines) is 1. The maximum Gasteiger partial charge on any atom is 0.253 e. The zero-order valence-electron chi connectivity index (χ0n) is 16.3. The molecule has 1 aliphatic carbocycles. The van der Waals surface area contributed by atoms with Gasteiger partial charge in [-0.25, -0.2) is 4.39 Å². The van der Waals surface area contributed by atoms with E-state index in [1.165, 1.54) is 6.07 Å². The highest BCUT2D eigenvalue weighted by Crippen LogP contribution is 2.39. The fourth-order valence-corrected chi connectivity index (χ4v) is 5.08. The Hall–Kier alpha value is -1.50. The standard InChI is InChI=1S/C21H30FN3O2/c1-14-9-15(3-4-18(14)22)21(27)25-12-16-10-19(20(26)11-17(16)13-25)24-7-5-23(2)6-8-24/h3-4,9,16-17,19-20,26H,5-8,10-13H2,1-2H3/t16-,17+,19-,20-/m1/s1. The van der Waals surface area contributed by atoms with Crippen LogP contribution in [-0.4, -0.2) is 84.2 Å². The average molecular weight is 375 g/mol. The lowest BCUT2D eigenvalue weighted by Gasteiger charge is -2.44. The molecule has 2 aliphatic heterocycles. The quantitative estimate of drug-likeness (QED) is 0.853. The second-order valence-electron chi connectivity index (χ2n) is 8.64. The van der Waals surface area contributed by atoms with Crippen molar-refractivity contribution in [3.63, 3.8) is 0 Å². The third-order valence-electron chi connectivity index (χ3n) is 6.81. The molecule has 4 atom stereocenters. The van der Waals surface area contributed by atoms with Gasteiger partial charge in [-0.15, -0.1) is 0 Å². The number of aliphatic hydroxyl groups excluding tert-OH is 1. The van der Waals surface area contributed by atoms with E-state index in [2.05, 4.69) is 16.8 Å². The Bertz CT molecular complexity index is 705. The molecule has 2 heterocycles. The lowest BCUT2D eigenvalue weighted by atomic mass is 9.77. The summed E-state index contributed by atoms with van der Waals surface area (Å²) in [6.07, 6.45) is 1.42. The molecule has 4 rings (SSSR count). The van der Waals surface area contributed by atoms with Crippen LogP contribution in [0.3, 0.4) is 0 Å². The van der Waals surface area contributed by atoms with E-state index in [0.717, 1.165) is 45.6 Å². The Kier molecular flexibility index (Phi) is 5.23. The van der Waals surface area contributed by atoms with Crippen molar-refractivity contribution in [2.45, 2.75) is 31.9 Å². The van der Waals surface area contributed by atoms with Gasteiger partial charge in [-0.05, 0) is 62.4 Å². The third kappa shape index (κ3) is 3.75. The minimum Gasteiger partial charge on any atom is -0.391 e. The van der Waals surface area contributed by atoms with Gasteiger partial charge in [0.1, 0.15) is 5.82 Å². The highest BCUT2D eigenvalue weighted by Gasteiger charge is 2.44. The molecular weight excluding hydrogens is 345 g/mol. The molecule has 5 nitrogen and oxygen atoms in total. The van der Waals surface area contributed by atoms with Crippen LogP contribution in [0.1, 0.15) is 28.8 Å². The van der Waals surface area contributed by atoms with Crippen molar-refractivity contribution in [1.82, 2.24) is 14.7 Å². The Morgan fingerprint density at radius 3 is 2.44 bits per heavy atom. The zero-order chi connectivity index (χ0) is 19.1. The van der Waals surface area contributed by atoms with Crippen LogP contribution in [-0.2, 0) is 0 Å². The van der Waals surface area contributed by atoms with Crippen molar-refractivity contribution in [2.24, 2.45) is 11.8 Å². The van der Waals surface area contributed by atoms with Crippen LogP contribution in [0.4, 0.5) is 4.39 Å². The minimum atomic E-state index is -0.308. The van der Waals surface area contributed by atoms with Gasteiger partial charge in [0.15, 0.2) is 0 Å². The van der Waals surface area contributed by atoms with Crippen LogP contribution in [0.25, 0.3) is 0 Å². The Morgan fingerprint density at radius 2 is 1.78 bits per heavy atom. The van der Waals surface area contributed by atoms with E-state index in [0.29, 0.717) is 29.5 Å². The Balaban J connectivity index is 1.42. The molecule has 1 N–H and O–H groups in total. The summed E-state index contributed by atoms with van der Waals surface area (Å²) in [5, 5.41) is 10.7. The molecule has 3 aliphatic rings. The normalized spacial score (nSPS) is 32.5. The molecule has 0 spiro atoms. The Morgan fingerprint density at radius 1 is 1.11 bits per heavy atom. The van der Waals surface area contributed by atoms with Crippen molar-refractivity contribution in [1.29, 1.82) is 0 Å². The van der Waals surface area contributed by atoms with E-state index in [9.17, 15) is 14.3 Å². The van der Waals surface area contributed by atoms with Gasteiger partial charge < -0.3 is 14.9 Å². The minimum absolute atomic E-state index is 0.0156. The van der Waals surface area contributed by atoms with Gasteiger partial charge in [0, 0.05) is 50.9 Å².